The molecule has 5 heteroatoms. The first-order valence-electron chi connectivity index (χ1n) is 7.56. The topological polar surface area (TPSA) is 70.4 Å². The van der Waals surface area contributed by atoms with Gasteiger partial charge in [0, 0.05) is 18.2 Å². The van der Waals surface area contributed by atoms with Gasteiger partial charge in [0.15, 0.2) is 0 Å². The van der Waals surface area contributed by atoms with Crippen molar-refractivity contribution in [3.63, 3.8) is 0 Å². The molecule has 3 rings (SSSR count). The van der Waals surface area contributed by atoms with Crippen LogP contribution < -0.4 is 4.74 Å². The zero-order chi connectivity index (χ0) is 17.4. The van der Waals surface area contributed by atoms with Crippen molar-refractivity contribution < 1.29 is 14.3 Å². The SMILES string of the molecule is CC1=C(C#N)C(=O)N(C)C(=O)C1=CC1=Cc2ccccc2OC1C. The Balaban J connectivity index is 2.12. The number of hydrogen-bond acceptors (Lipinski definition) is 4. The Hall–Kier alpha value is -3.13. The average Bonchev–Trinajstić information content (AvgIpc) is 2.57. The lowest BCUT2D eigenvalue weighted by Gasteiger charge is -2.26. The van der Waals surface area contributed by atoms with Crippen LogP contribution in [0.1, 0.15) is 19.4 Å². The molecule has 0 radical (unpaired) electrons. The molecule has 0 bridgehead atoms. The van der Waals surface area contributed by atoms with E-state index in [1.165, 1.54) is 7.05 Å². The van der Waals surface area contributed by atoms with Gasteiger partial charge < -0.3 is 4.74 Å². The van der Waals surface area contributed by atoms with Gasteiger partial charge in [0.1, 0.15) is 23.5 Å². The molecule has 1 unspecified atom stereocenters. The summed E-state index contributed by atoms with van der Waals surface area (Å²) in [6, 6.07) is 9.53. The number of benzene rings is 1. The fourth-order valence-electron chi connectivity index (χ4n) is 2.79. The van der Waals surface area contributed by atoms with E-state index in [0.29, 0.717) is 11.1 Å². The van der Waals surface area contributed by atoms with Gasteiger partial charge in [-0.15, -0.1) is 0 Å². The smallest absolute Gasteiger partial charge is 0.271 e. The van der Waals surface area contributed by atoms with Gasteiger partial charge >= 0.3 is 0 Å². The zero-order valence-electron chi connectivity index (χ0n) is 13.7. The lowest BCUT2D eigenvalue weighted by Crippen LogP contribution is -2.39. The Morgan fingerprint density at radius 2 is 1.96 bits per heavy atom. The van der Waals surface area contributed by atoms with Crippen LogP contribution in [-0.2, 0) is 9.59 Å². The second kappa shape index (κ2) is 5.82. The van der Waals surface area contributed by atoms with Gasteiger partial charge in [-0.25, -0.2) is 0 Å². The molecule has 0 aromatic heterocycles. The third kappa shape index (κ3) is 2.42. The average molecular weight is 320 g/mol. The Bertz CT molecular complexity index is 884. The first-order valence-corrected chi connectivity index (χ1v) is 7.56. The number of carbonyl (C=O) groups is 2. The van der Waals surface area contributed by atoms with E-state index >= 15 is 0 Å². The number of nitriles is 1. The van der Waals surface area contributed by atoms with Crippen molar-refractivity contribution in [3.05, 3.63) is 58.2 Å². The van der Waals surface area contributed by atoms with Crippen LogP contribution in [-0.4, -0.2) is 29.9 Å². The summed E-state index contributed by atoms with van der Waals surface area (Å²) in [6.45, 7) is 3.52. The molecule has 1 atom stereocenters. The van der Waals surface area contributed by atoms with E-state index in [1.54, 1.807) is 13.0 Å². The van der Waals surface area contributed by atoms with Crippen molar-refractivity contribution >= 4 is 17.9 Å². The number of fused-ring (bicyclic) bond motifs is 1. The quantitative estimate of drug-likeness (QED) is 0.589. The normalized spacial score (nSPS) is 22.1. The van der Waals surface area contributed by atoms with Crippen molar-refractivity contribution in [2.24, 2.45) is 0 Å². The van der Waals surface area contributed by atoms with Crippen LogP contribution in [0, 0.1) is 11.3 Å². The summed E-state index contributed by atoms with van der Waals surface area (Å²) in [5, 5.41) is 9.21. The van der Waals surface area contributed by atoms with Gasteiger partial charge in [0.2, 0.25) is 0 Å². The first kappa shape index (κ1) is 15.8. The minimum atomic E-state index is -0.565. The third-order valence-electron chi connectivity index (χ3n) is 4.27. The zero-order valence-corrected chi connectivity index (χ0v) is 13.7. The van der Waals surface area contributed by atoms with E-state index < -0.39 is 11.8 Å². The van der Waals surface area contributed by atoms with Gasteiger partial charge in [-0.1, -0.05) is 18.2 Å². The molecular formula is C19H16N2O3. The molecule has 0 fully saturated rings. The highest BCUT2D eigenvalue weighted by Gasteiger charge is 2.33. The number of ether oxygens (including phenoxy) is 1. The summed E-state index contributed by atoms with van der Waals surface area (Å²) in [4.78, 5) is 25.4. The number of hydrogen-bond donors (Lipinski definition) is 0. The molecule has 1 aromatic carbocycles. The van der Waals surface area contributed by atoms with Crippen LogP contribution in [0.5, 0.6) is 5.75 Å². The van der Waals surface area contributed by atoms with Crippen LogP contribution >= 0.6 is 0 Å². The lowest BCUT2D eigenvalue weighted by molar-refractivity contribution is -0.138. The number of imide groups is 1. The van der Waals surface area contributed by atoms with Crippen LogP contribution in [0.25, 0.3) is 6.08 Å². The van der Waals surface area contributed by atoms with Crippen molar-refractivity contribution in [2.75, 3.05) is 7.05 Å². The number of amides is 2. The molecule has 2 aliphatic heterocycles. The van der Waals surface area contributed by atoms with E-state index in [1.807, 2.05) is 43.3 Å². The molecule has 0 spiro atoms. The van der Waals surface area contributed by atoms with Crippen molar-refractivity contribution in [1.82, 2.24) is 4.90 Å². The molecule has 2 heterocycles. The standard InChI is InChI=1S/C19H16N2O3/c1-11-15(18(22)21(3)19(23)16(11)10-20)9-14-8-13-6-4-5-7-17(13)24-12(14)2/h4-9,12H,1-3H3. The molecule has 2 amide bonds. The van der Waals surface area contributed by atoms with E-state index in [-0.39, 0.29) is 11.7 Å². The molecule has 0 N–H and O–H groups in total. The van der Waals surface area contributed by atoms with E-state index in [0.717, 1.165) is 21.8 Å². The number of likely N-dealkylation sites (N-methyl/N-ethyl adjacent to an activating group) is 1. The second-order valence-electron chi connectivity index (χ2n) is 5.78. The molecule has 120 valence electrons. The molecule has 24 heavy (non-hydrogen) atoms. The van der Waals surface area contributed by atoms with Gasteiger partial charge in [-0.2, -0.15) is 5.26 Å². The third-order valence-corrected chi connectivity index (χ3v) is 4.27. The minimum Gasteiger partial charge on any atom is -0.485 e. The van der Waals surface area contributed by atoms with Crippen LogP contribution in [0.4, 0.5) is 0 Å². The maximum Gasteiger partial charge on any atom is 0.271 e. The van der Waals surface area contributed by atoms with E-state index in [2.05, 4.69) is 0 Å². The van der Waals surface area contributed by atoms with Crippen molar-refractivity contribution in [2.45, 2.75) is 20.0 Å². The molecule has 0 saturated heterocycles. The maximum absolute atomic E-state index is 12.5. The summed E-state index contributed by atoms with van der Waals surface area (Å²) >= 11 is 0. The van der Waals surface area contributed by atoms with Gasteiger partial charge in [-0.3, -0.25) is 14.5 Å². The van der Waals surface area contributed by atoms with E-state index in [9.17, 15) is 14.9 Å². The molecule has 5 nitrogen and oxygen atoms in total. The Morgan fingerprint density at radius 1 is 1.25 bits per heavy atom. The number of carbonyl (C=O) groups excluding carboxylic acids is 2. The summed E-state index contributed by atoms with van der Waals surface area (Å²) < 4.78 is 5.87. The number of rotatable bonds is 1. The Labute approximate surface area is 140 Å². The Morgan fingerprint density at radius 3 is 2.67 bits per heavy atom. The Kier molecular flexibility index (Phi) is 3.82. The van der Waals surface area contributed by atoms with E-state index in [4.69, 9.17) is 4.74 Å². The van der Waals surface area contributed by atoms with Gasteiger partial charge in [0.05, 0.1) is 0 Å². The minimum absolute atomic E-state index is 0.00580. The summed E-state index contributed by atoms with van der Waals surface area (Å²) in [6.07, 6.45) is 3.43. The van der Waals surface area contributed by atoms with Crippen molar-refractivity contribution in [3.8, 4) is 11.8 Å². The first-order chi connectivity index (χ1) is 11.4. The fraction of sp³-hybridized carbons (Fsp3) is 0.211. The molecule has 2 aliphatic rings. The highest BCUT2D eigenvalue weighted by atomic mass is 16.5. The van der Waals surface area contributed by atoms with Gasteiger partial charge in [0.25, 0.3) is 11.8 Å². The predicted molar refractivity (Wildman–Crippen MR) is 88.7 cm³/mol. The fourth-order valence-corrected chi connectivity index (χ4v) is 2.79. The van der Waals surface area contributed by atoms with Crippen LogP contribution in [0.3, 0.4) is 0 Å². The number of para-hydroxylation sites is 1. The maximum atomic E-state index is 12.5. The van der Waals surface area contributed by atoms with Gasteiger partial charge in [-0.05, 0) is 43.2 Å². The van der Waals surface area contributed by atoms with Crippen LogP contribution in [0.2, 0.25) is 0 Å². The summed E-state index contributed by atoms with van der Waals surface area (Å²) in [7, 11) is 1.38. The molecule has 1 aromatic rings. The largest absolute Gasteiger partial charge is 0.485 e. The summed E-state index contributed by atoms with van der Waals surface area (Å²) in [5.41, 5.74) is 2.48. The highest BCUT2D eigenvalue weighted by molar-refractivity contribution is 6.18. The molecular weight excluding hydrogens is 304 g/mol. The monoisotopic (exact) mass is 320 g/mol. The number of nitrogens with zero attached hydrogens (tertiary/aromatic N) is 2. The predicted octanol–water partition coefficient (Wildman–Crippen LogP) is 2.62. The molecule has 0 saturated carbocycles. The lowest BCUT2D eigenvalue weighted by atomic mass is 9.92. The summed E-state index contributed by atoms with van der Waals surface area (Å²) in [5.74, 6) is -0.188. The second-order valence-corrected chi connectivity index (χ2v) is 5.78. The van der Waals surface area contributed by atoms with Crippen molar-refractivity contribution in [1.29, 1.82) is 5.26 Å². The molecule has 0 aliphatic carbocycles. The van der Waals surface area contributed by atoms with Crippen LogP contribution in [0.15, 0.2) is 52.6 Å². The highest BCUT2D eigenvalue weighted by Crippen LogP contribution is 2.32.